The van der Waals surface area contributed by atoms with Gasteiger partial charge in [0.25, 0.3) is 11.5 Å². The van der Waals surface area contributed by atoms with E-state index in [0.29, 0.717) is 40.6 Å². The molecule has 10 heteroatoms. The number of aromatic nitrogens is 2. The monoisotopic (exact) mass is 534 g/mol. The third-order valence-electron chi connectivity index (χ3n) is 6.17. The van der Waals surface area contributed by atoms with Crippen LogP contribution in [0.15, 0.2) is 83.7 Å². The molecule has 0 bridgehead atoms. The van der Waals surface area contributed by atoms with Gasteiger partial charge in [-0.1, -0.05) is 30.3 Å². The van der Waals surface area contributed by atoms with Gasteiger partial charge in [-0.15, -0.1) is 0 Å². The first-order valence-electron chi connectivity index (χ1n) is 12.0. The molecule has 0 atom stereocenters. The third-order valence-corrected chi connectivity index (χ3v) is 7.31. The van der Waals surface area contributed by atoms with Crippen molar-refractivity contribution in [2.75, 3.05) is 22.5 Å². The van der Waals surface area contributed by atoms with Crippen molar-refractivity contribution in [3.05, 3.63) is 106 Å². The third kappa shape index (κ3) is 5.65. The second kappa shape index (κ2) is 11.0. The van der Waals surface area contributed by atoms with E-state index in [-0.39, 0.29) is 17.8 Å². The van der Waals surface area contributed by atoms with Gasteiger partial charge < -0.3 is 10.1 Å². The SMILES string of the molecule is CCOc1ccc(N(Cc2ccc(C(=O)Nc3c(C)n(C)n(-c4ccccc4)c3=O)cc2)S(C)(=O)=O)cc1. The van der Waals surface area contributed by atoms with Gasteiger partial charge in [-0.05, 0) is 67.9 Å². The average molecular weight is 535 g/mol. The molecule has 0 spiro atoms. The van der Waals surface area contributed by atoms with E-state index in [9.17, 15) is 18.0 Å². The number of nitrogens with one attached hydrogen (secondary N) is 1. The summed E-state index contributed by atoms with van der Waals surface area (Å²) in [5.41, 5.74) is 2.72. The van der Waals surface area contributed by atoms with Crippen LogP contribution in [0, 0.1) is 6.92 Å². The quantitative estimate of drug-likeness (QED) is 0.348. The van der Waals surface area contributed by atoms with Gasteiger partial charge in [-0.25, -0.2) is 13.1 Å². The molecule has 1 aromatic heterocycles. The number of hydrogen-bond acceptors (Lipinski definition) is 5. The van der Waals surface area contributed by atoms with Gasteiger partial charge in [0.05, 0.1) is 36.5 Å². The number of hydrogen-bond donors (Lipinski definition) is 1. The molecule has 0 saturated heterocycles. The predicted molar refractivity (Wildman–Crippen MR) is 149 cm³/mol. The summed E-state index contributed by atoms with van der Waals surface area (Å²) < 4.78 is 35.0. The maximum atomic E-state index is 13.1. The van der Waals surface area contributed by atoms with E-state index < -0.39 is 15.9 Å². The van der Waals surface area contributed by atoms with E-state index >= 15 is 0 Å². The van der Waals surface area contributed by atoms with Crippen molar-refractivity contribution in [1.29, 1.82) is 0 Å². The van der Waals surface area contributed by atoms with Gasteiger partial charge in [0, 0.05) is 12.6 Å². The lowest BCUT2D eigenvalue weighted by atomic mass is 10.1. The standard InChI is InChI=1S/C28H30N4O5S/c1-5-37-25-17-15-23(16-18-25)31(38(4,35)36)19-21-11-13-22(14-12-21)27(33)29-26-20(2)30(3)32(28(26)34)24-9-7-6-8-10-24/h6-18H,5,19H2,1-4H3,(H,29,33). The highest BCUT2D eigenvalue weighted by molar-refractivity contribution is 7.92. The van der Waals surface area contributed by atoms with Crippen LogP contribution in [0.2, 0.25) is 0 Å². The molecule has 1 N–H and O–H groups in total. The molecule has 38 heavy (non-hydrogen) atoms. The van der Waals surface area contributed by atoms with E-state index in [0.717, 1.165) is 6.26 Å². The Kier molecular flexibility index (Phi) is 7.72. The van der Waals surface area contributed by atoms with Crippen LogP contribution in [0.4, 0.5) is 11.4 Å². The van der Waals surface area contributed by atoms with Crippen LogP contribution in [0.25, 0.3) is 5.69 Å². The fourth-order valence-corrected chi connectivity index (χ4v) is 4.99. The Balaban J connectivity index is 1.53. The highest BCUT2D eigenvalue weighted by Crippen LogP contribution is 2.24. The number of nitrogens with zero attached hydrogens (tertiary/aromatic N) is 3. The van der Waals surface area contributed by atoms with Crippen LogP contribution >= 0.6 is 0 Å². The van der Waals surface area contributed by atoms with Crippen LogP contribution in [0.3, 0.4) is 0 Å². The summed E-state index contributed by atoms with van der Waals surface area (Å²) in [7, 11) is -1.81. The minimum Gasteiger partial charge on any atom is -0.494 e. The van der Waals surface area contributed by atoms with Crippen molar-refractivity contribution in [2.45, 2.75) is 20.4 Å². The molecule has 1 amide bonds. The lowest BCUT2D eigenvalue weighted by molar-refractivity contribution is 0.102. The Bertz CT molecular complexity index is 1590. The highest BCUT2D eigenvalue weighted by Gasteiger charge is 2.20. The van der Waals surface area contributed by atoms with E-state index in [4.69, 9.17) is 4.74 Å². The molecule has 4 aromatic rings. The largest absolute Gasteiger partial charge is 0.494 e. The number of anilines is 2. The number of rotatable bonds is 9. The van der Waals surface area contributed by atoms with Crippen LogP contribution < -0.4 is 19.9 Å². The van der Waals surface area contributed by atoms with Gasteiger partial charge in [0.15, 0.2) is 0 Å². The van der Waals surface area contributed by atoms with Crippen molar-refractivity contribution >= 4 is 27.3 Å². The molecule has 1 heterocycles. The number of carbonyl (C=O) groups excluding carboxylic acids is 1. The summed E-state index contributed by atoms with van der Waals surface area (Å²) >= 11 is 0. The average Bonchev–Trinajstić information content (AvgIpc) is 3.11. The second-order valence-corrected chi connectivity index (χ2v) is 10.7. The first-order valence-corrected chi connectivity index (χ1v) is 13.9. The fraction of sp³-hybridized carbons (Fsp3) is 0.214. The summed E-state index contributed by atoms with van der Waals surface area (Å²) in [6.07, 6.45) is 1.15. The zero-order valence-electron chi connectivity index (χ0n) is 21.7. The highest BCUT2D eigenvalue weighted by atomic mass is 32.2. The Morgan fingerprint density at radius 3 is 2.18 bits per heavy atom. The van der Waals surface area contributed by atoms with Gasteiger partial charge in [0.1, 0.15) is 11.4 Å². The maximum Gasteiger partial charge on any atom is 0.295 e. The topological polar surface area (TPSA) is 103 Å². The van der Waals surface area contributed by atoms with Crippen LogP contribution in [0.5, 0.6) is 5.75 Å². The molecule has 0 radical (unpaired) electrons. The van der Waals surface area contributed by atoms with Crippen molar-refractivity contribution in [3.63, 3.8) is 0 Å². The molecule has 0 aliphatic heterocycles. The lowest BCUT2D eigenvalue weighted by Crippen LogP contribution is -2.29. The summed E-state index contributed by atoms with van der Waals surface area (Å²) in [4.78, 5) is 26.1. The molecule has 0 saturated carbocycles. The number of amides is 1. The fourth-order valence-electron chi connectivity index (χ4n) is 4.10. The number of carbonyl (C=O) groups is 1. The molecular weight excluding hydrogens is 504 g/mol. The smallest absolute Gasteiger partial charge is 0.295 e. The number of sulfonamides is 1. The van der Waals surface area contributed by atoms with Gasteiger partial charge in [-0.3, -0.25) is 18.6 Å². The summed E-state index contributed by atoms with van der Waals surface area (Å²) in [6, 6.07) is 22.6. The molecule has 4 rings (SSSR count). The van der Waals surface area contributed by atoms with Crippen molar-refractivity contribution in [2.24, 2.45) is 7.05 Å². The molecule has 0 aliphatic carbocycles. The number of para-hydroxylation sites is 1. The minimum absolute atomic E-state index is 0.0916. The zero-order chi connectivity index (χ0) is 27.4. The molecular formula is C28H30N4O5S. The van der Waals surface area contributed by atoms with Crippen LogP contribution in [-0.2, 0) is 23.6 Å². The minimum atomic E-state index is -3.57. The number of ether oxygens (including phenoxy) is 1. The van der Waals surface area contributed by atoms with Crippen LogP contribution in [-0.4, -0.2) is 36.6 Å². The Hall–Kier alpha value is -4.31. The van der Waals surface area contributed by atoms with Crippen LogP contribution in [0.1, 0.15) is 28.5 Å². The first-order chi connectivity index (χ1) is 18.1. The Morgan fingerprint density at radius 2 is 1.61 bits per heavy atom. The number of benzene rings is 3. The maximum absolute atomic E-state index is 13.1. The summed E-state index contributed by atoms with van der Waals surface area (Å²) in [5.74, 6) is 0.221. The van der Waals surface area contributed by atoms with Crippen molar-refractivity contribution in [1.82, 2.24) is 9.36 Å². The van der Waals surface area contributed by atoms with Crippen molar-refractivity contribution < 1.29 is 17.9 Å². The normalized spacial score (nSPS) is 11.3. The second-order valence-electron chi connectivity index (χ2n) is 8.78. The first kappa shape index (κ1) is 26.7. The zero-order valence-corrected chi connectivity index (χ0v) is 22.5. The summed E-state index contributed by atoms with van der Waals surface area (Å²) in [5, 5.41) is 2.74. The molecule has 9 nitrogen and oxygen atoms in total. The lowest BCUT2D eigenvalue weighted by Gasteiger charge is -2.23. The van der Waals surface area contributed by atoms with E-state index in [2.05, 4.69) is 5.32 Å². The van der Waals surface area contributed by atoms with Gasteiger partial charge in [0.2, 0.25) is 10.0 Å². The molecule has 0 unspecified atom stereocenters. The molecule has 0 aliphatic rings. The van der Waals surface area contributed by atoms with Gasteiger partial charge in [-0.2, -0.15) is 0 Å². The molecule has 0 fully saturated rings. The van der Waals surface area contributed by atoms with E-state index in [1.165, 1.54) is 8.99 Å². The Morgan fingerprint density at radius 1 is 0.974 bits per heavy atom. The predicted octanol–water partition coefficient (Wildman–Crippen LogP) is 4.10. The van der Waals surface area contributed by atoms with E-state index in [1.807, 2.05) is 37.3 Å². The molecule has 3 aromatic carbocycles. The molecule has 198 valence electrons. The Labute approximate surface area is 221 Å². The van der Waals surface area contributed by atoms with E-state index in [1.54, 1.807) is 67.2 Å². The summed E-state index contributed by atoms with van der Waals surface area (Å²) in [6.45, 7) is 4.25. The van der Waals surface area contributed by atoms with Gasteiger partial charge >= 0.3 is 0 Å². The van der Waals surface area contributed by atoms with Crippen molar-refractivity contribution in [3.8, 4) is 11.4 Å².